The largest absolute Gasteiger partial charge is 0.497 e. The lowest BCUT2D eigenvalue weighted by Crippen LogP contribution is -2.36. The van der Waals surface area contributed by atoms with E-state index in [4.69, 9.17) is 9.47 Å². The molecule has 0 spiro atoms. The number of carbonyl (C=O) groups is 1. The molecular formula is C41H51ClN2O3. The first kappa shape index (κ1) is 36.0. The van der Waals surface area contributed by atoms with Crippen LogP contribution in [0.5, 0.6) is 11.5 Å². The SMILES string of the molecule is COc1ccc(CCC(=O)NCCCC(CCCN2CCCC(c3ccc(OC)cc3)C2)(c2ccccc2)c2ccccc2)cc1.Cl. The van der Waals surface area contributed by atoms with E-state index in [2.05, 4.69) is 95.1 Å². The van der Waals surface area contributed by atoms with Gasteiger partial charge < -0.3 is 19.7 Å². The van der Waals surface area contributed by atoms with Crippen molar-refractivity contribution in [3.8, 4) is 11.5 Å². The second-order valence-corrected chi connectivity index (χ2v) is 12.6. The normalized spacial score (nSPS) is 15.0. The zero-order chi connectivity index (χ0) is 32.0. The Kier molecular flexibility index (Phi) is 14.2. The van der Waals surface area contributed by atoms with Crippen LogP contribution in [0.1, 0.15) is 73.1 Å². The minimum absolute atomic E-state index is 0. The lowest BCUT2D eigenvalue weighted by Gasteiger charge is -2.38. The van der Waals surface area contributed by atoms with Gasteiger partial charge >= 0.3 is 0 Å². The van der Waals surface area contributed by atoms with Gasteiger partial charge in [-0.2, -0.15) is 0 Å². The number of nitrogens with one attached hydrogen (secondary N) is 1. The van der Waals surface area contributed by atoms with E-state index in [1.807, 2.05) is 24.3 Å². The average Bonchev–Trinajstić information content (AvgIpc) is 3.13. The zero-order valence-electron chi connectivity index (χ0n) is 28.0. The number of hydrogen-bond acceptors (Lipinski definition) is 4. The van der Waals surface area contributed by atoms with E-state index in [0.29, 0.717) is 18.9 Å². The fourth-order valence-electron chi connectivity index (χ4n) is 7.15. The van der Waals surface area contributed by atoms with Crippen LogP contribution in [0.15, 0.2) is 109 Å². The van der Waals surface area contributed by atoms with E-state index in [-0.39, 0.29) is 23.7 Å². The highest BCUT2D eigenvalue weighted by molar-refractivity contribution is 5.85. The van der Waals surface area contributed by atoms with Gasteiger partial charge in [-0.05, 0) is 110 Å². The van der Waals surface area contributed by atoms with Gasteiger partial charge in [0.1, 0.15) is 11.5 Å². The van der Waals surface area contributed by atoms with Crippen molar-refractivity contribution in [2.24, 2.45) is 0 Å². The Morgan fingerprint density at radius 2 is 1.36 bits per heavy atom. The van der Waals surface area contributed by atoms with Crippen LogP contribution < -0.4 is 14.8 Å². The summed E-state index contributed by atoms with van der Waals surface area (Å²) in [5.74, 6) is 2.43. The molecule has 4 aromatic carbocycles. The van der Waals surface area contributed by atoms with Crippen LogP contribution in [0.4, 0.5) is 0 Å². The first-order valence-corrected chi connectivity index (χ1v) is 17.0. The predicted octanol–water partition coefficient (Wildman–Crippen LogP) is 8.60. The summed E-state index contributed by atoms with van der Waals surface area (Å²) in [7, 11) is 3.39. The number of piperidine rings is 1. The second kappa shape index (κ2) is 18.5. The standard InChI is InChI=1S/C41H50N2O3.ClH/c1-45-38-22-17-33(18-23-38)19-26-40(44)42-29-10-27-41(36-13-5-3-6-14-36,37-15-7-4-8-16-37)28-11-31-43-30-9-12-35(32-43)34-20-24-39(46-2)25-21-34;/h3-8,13-18,20-25,35H,9-12,19,26-32H2,1-2H3,(H,42,44);1H. The molecule has 250 valence electrons. The zero-order valence-corrected chi connectivity index (χ0v) is 28.9. The molecule has 5 nitrogen and oxygen atoms in total. The Balaban J connectivity index is 0.00000500. The number of aryl methyl sites for hydroxylation is 1. The van der Waals surface area contributed by atoms with E-state index in [9.17, 15) is 4.79 Å². The maximum Gasteiger partial charge on any atom is 0.220 e. The quantitative estimate of drug-likeness (QED) is 0.123. The number of rotatable bonds is 16. The molecule has 1 heterocycles. The minimum atomic E-state index is -0.110. The Morgan fingerprint density at radius 3 is 1.96 bits per heavy atom. The number of halogens is 1. The van der Waals surface area contributed by atoms with E-state index in [0.717, 1.165) is 62.3 Å². The number of hydrogen-bond donors (Lipinski definition) is 1. The monoisotopic (exact) mass is 654 g/mol. The third-order valence-corrected chi connectivity index (χ3v) is 9.73. The maximum absolute atomic E-state index is 12.8. The highest BCUT2D eigenvalue weighted by atomic mass is 35.5. The molecule has 1 N–H and O–H groups in total. The van der Waals surface area contributed by atoms with Crippen LogP contribution in [0.3, 0.4) is 0 Å². The van der Waals surface area contributed by atoms with Gasteiger partial charge in [0.15, 0.2) is 0 Å². The van der Waals surface area contributed by atoms with Crippen LogP contribution >= 0.6 is 12.4 Å². The smallest absolute Gasteiger partial charge is 0.220 e. The van der Waals surface area contributed by atoms with E-state index < -0.39 is 0 Å². The van der Waals surface area contributed by atoms with Gasteiger partial charge in [0, 0.05) is 24.9 Å². The van der Waals surface area contributed by atoms with Crippen LogP contribution in [0.25, 0.3) is 0 Å². The highest BCUT2D eigenvalue weighted by Crippen LogP contribution is 2.41. The molecule has 0 saturated carbocycles. The Hall–Kier alpha value is -3.80. The number of nitrogens with zero attached hydrogens (tertiary/aromatic N) is 1. The van der Waals surface area contributed by atoms with Crippen LogP contribution in [-0.2, 0) is 16.6 Å². The highest BCUT2D eigenvalue weighted by Gasteiger charge is 2.34. The van der Waals surface area contributed by atoms with Crippen molar-refractivity contribution < 1.29 is 14.3 Å². The van der Waals surface area contributed by atoms with Crippen LogP contribution in [0, 0.1) is 0 Å². The first-order chi connectivity index (χ1) is 22.6. The van der Waals surface area contributed by atoms with Crippen molar-refractivity contribution in [1.82, 2.24) is 10.2 Å². The van der Waals surface area contributed by atoms with Crippen molar-refractivity contribution in [3.05, 3.63) is 131 Å². The fraction of sp³-hybridized carbons (Fsp3) is 0.390. The molecule has 1 aliphatic rings. The Bertz CT molecular complexity index is 1420. The molecule has 47 heavy (non-hydrogen) atoms. The molecule has 4 aromatic rings. The average molecular weight is 655 g/mol. The lowest BCUT2D eigenvalue weighted by atomic mass is 9.68. The molecule has 0 bridgehead atoms. The van der Waals surface area contributed by atoms with E-state index in [1.165, 1.54) is 36.1 Å². The number of ether oxygens (including phenoxy) is 2. The van der Waals surface area contributed by atoms with Crippen LogP contribution in [0.2, 0.25) is 0 Å². The van der Waals surface area contributed by atoms with Crippen molar-refractivity contribution in [1.29, 1.82) is 0 Å². The van der Waals surface area contributed by atoms with Gasteiger partial charge in [-0.3, -0.25) is 4.79 Å². The molecule has 0 aromatic heterocycles. The molecule has 5 rings (SSSR count). The number of benzene rings is 4. The molecular weight excluding hydrogens is 604 g/mol. The van der Waals surface area contributed by atoms with E-state index in [1.54, 1.807) is 14.2 Å². The minimum Gasteiger partial charge on any atom is -0.497 e. The lowest BCUT2D eigenvalue weighted by molar-refractivity contribution is -0.121. The maximum atomic E-state index is 12.8. The molecule has 1 unspecified atom stereocenters. The van der Waals surface area contributed by atoms with Crippen molar-refractivity contribution in [2.45, 2.75) is 62.7 Å². The summed E-state index contributed by atoms with van der Waals surface area (Å²) in [6.07, 6.45) is 7.77. The van der Waals surface area contributed by atoms with Gasteiger partial charge in [-0.25, -0.2) is 0 Å². The van der Waals surface area contributed by atoms with Gasteiger partial charge in [0.05, 0.1) is 14.2 Å². The summed E-state index contributed by atoms with van der Waals surface area (Å²) in [5, 5.41) is 3.21. The summed E-state index contributed by atoms with van der Waals surface area (Å²) < 4.78 is 10.6. The van der Waals surface area contributed by atoms with Crippen molar-refractivity contribution in [3.63, 3.8) is 0 Å². The molecule has 0 radical (unpaired) electrons. The Morgan fingerprint density at radius 1 is 0.787 bits per heavy atom. The van der Waals surface area contributed by atoms with Gasteiger partial charge in [0.25, 0.3) is 0 Å². The van der Waals surface area contributed by atoms with Gasteiger partial charge in [0.2, 0.25) is 5.91 Å². The van der Waals surface area contributed by atoms with Crippen molar-refractivity contribution in [2.75, 3.05) is 40.4 Å². The molecule has 1 fully saturated rings. The Labute approximate surface area is 288 Å². The second-order valence-electron chi connectivity index (χ2n) is 12.6. The van der Waals surface area contributed by atoms with Gasteiger partial charge in [-0.15, -0.1) is 12.4 Å². The molecule has 1 aliphatic heterocycles. The summed E-state index contributed by atoms with van der Waals surface area (Å²) in [5.41, 5.74) is 5.18. The third kappa shape index (κ3) is 10.1. The van der Waals surface area contributed by atoms with Crippen LogP contribution in [-0.4, -0.2) is 51.2 Å². The number of amides is 1. The summed E-state index contributed by atoms with van der Waals surface area (Å²) in [4.78, 5) is 15.4. The molecule has 6 heteroatoms. The topological polar surface area (TPSA) is 50.8 Å². The number of likely N-dealkylation sites (tertiary alicyclic amines) is 1. The molecule has 1 atom stereocenters. The summed E-state index contributed by atoms with van der Waals surface area (Å²) in [6, 6.07) is 38.7. The first-order valence-electron chi connectivity index (χ1n) is 17.0. The fourth-order valence-corrected chi connectivity index (χ4v) is 7.15. The van der Waals surface area contributed by atoms with E-state index >= 15 is 0 Å². The molecule has 1 saturated heterocycles. The summed E-state index contributed by atoms with van der Waals surface area (Å²) in [6.45, 7) is 4.05. The van der Waals surface area contributed by atoms with Gasteiger partial charge in [-0.1, -0.05) is 84.9 Å². The molecule has 0 aliphatic carbocycles. The predicted molar refractivity (Wildman–Crippen MR) is 195 cm³/mol. The number of carbonyl (C=O) groups excluding carboxylic acids is 1. The number of methoxy groups -OCH3 is 2. The van der Waals surface area contributed by atoms with Crippen molar-refractivity contribution >= 4 is 18.3 Å². The third-order valence-electron chi connectivity index (χ3n) is 9.73. The summed E-state index contributed by atoms with van der Waals surface area (Å²) >= 11 is 0. The molecule has 1 amide bonds.